The van der Waals surface area contributed by atoms with Crippen molar-refractivity contribution in [1.29, 1.82) is 0 Å². The van der Waals surface area contributed by atoms with E-state index in [1.54, 1.807) is 0 Å². The predicted octanol–water partition coefficient (Wildman–Crippen LogP) is 3.31. The number of aromatic nitrogens is 3. The molecule has 1 N–H and O–H groups in total. The summed E-state index contributed by atoms with van der Waals surface area (Å²) in [6, 6.07) is 13.7. The fourth-order valence-corrected chi connectivity index (χ4v) is 3.45. The van der Waals surface area contributed by atoms with Crippen LogP contribution >= 0.6 is 11.8 Å². The molecule has 0 unspecified atom stereocenters. The lowest BCUT2D eigenvalue weighted by molar-refractivity contribution is 0.102. The number of carbonyl (C=O) groups excluding carboxylic acids is 1. The van der Waals surface area contributed by atoms with E-state index in [-0.39, 0.29) is 12.4 Å². The number of aliphatic hydroxyl groups is 1. The minimum atomic E-state index is -0.147. The molecular weight excluding hydrogens is 322 g/mol. The third-order valence-corrected chi connectivity index (χ3v) is 4.75. The first kappa shape index (κ1) is 16.7. The van der Waals surface area contributed by atoms with E-state index < -0.39 is 0 Å². The number of fused-ring (bicyclic) bond motifs is 1. The standard InChI is InChI=1S/C18H19N3O2S/c1-2-9-21-17(11-22)19-20-18(21)24-12-16(23)15-8-7-13-5-3-4-6-14(13)10-15/h3-8,10,22H,2,9,11-12H2,1H3. The van der Waals surface area contributed by atoms with Crippen LogP contribution in [0, 0.1) is 0 Å². The number of nitrogens with zero attached hydrogens (tertiary/aromatic N) is 3. The van der Waals surface area contributed by atoms with Crippen molar-refractivity contribution in [2.24, 2.45) is 0 Å². The number of thioether (sulfide) groups is 1. The van der Waals surface area contributed by atoms with Crippen molar-refractivity contribution in [3.8, 4) is 0 Å². The van der Waals surface area contributed by atoms with Crippen molar-refractivity contribution in [2.45, 2.75) is 31.7 Å². The van der Waals surface area contributed by atoms with Crippen molar-refractivity contribution in [3.05, 3.63) is 53.9 Å². The number of aliphatic hydroxyl groups excluding tert-OH is 1. The van der Waals surface area contributed by atoms with Crippen LogP contribution in [-0.4, -0.2) is 31.4 Å². The summed E-state index contributed by atoms with van der Waals surface area (Å²) in [7, 11) is 0. The van der Waals surface area contributed by atoms with Gasteiger partial charge in [-0.3, -0.25) is 4.79 Å². The maximum atomic E-state index is 12.5. The lowest BCUT2D eigenvalue weighted by Crippen LogP contribution is -2.07. The molecule has 3 rings (SSSR count). The average Bonchev–Trinajstić information content (AvgIpc) is 3.01. The van der Waals surface area contributed by atoms with Gasteiger partial charge in [-0.2, -0.15) is 0 Å². The second-order valence-electron chi connectivity index (χ2n) is 5.48. The third-order valence-electron chi connectivity index (χ3n) is 3.79. The predicted molar refractivity (Wildman–Crippen MR) is 95.2 cm³/mol. The zero-order valence-electron chi connectivity index (χ0n) is 13.5. The molecule has 5 nitrogen and oxygen atoms in total. The highest BCUT2D eigenvalue weighted by Crippen LogP contribution is 2.21. The van der Waals surface area contributed by atoms with E-state index in [9.17, 15) is 9.90 Å². The van der Waals surface area contributed by atoms with E-state index in [0.29, 0.717) is 22.3 Å². The lowest BCUT2D eigenvalue weighted by Gasteiger charge is -2.07. The number of carbonyl (C=O) groups is 1. The second-order valence-corrected chi connectivity index (χ2v) is 6.42. The Morgan fingerprint density at radius 3 is 2.71 bits per heavy atom. The third kappa shape index (κ3) is 3.49. The van der Waals surface area contributed by atoms with Gasteiger partial charge in [0.05, 0.1) is 5.75 Å². The maximum absolute atomic E-state index is 12.5. The van der Waals surface area contributed by atoms with E-state index in [0.717, 1.165) is 23.7 Å². The van der Waals surface area contributed by atoms with Gasteiger partial charge in [-0.25, -0.2) is 0 Å². The normalized spacial score (nSPS) is 11.1. The molecule has 0 amide bonds. The minimum Gasteiger partial charge on any atom is -0.388 e. The Kier molecular flexibility index (Phi) is 5.27. The molecule has 0 aliphatic carbocycles. The van der Waals surface area contributed by atoms with Crippen molar-refractivity contribution < 1.29 is 9.90 Å². The Bertz CT molecular complexity index is 860. The lowest BCUT2D eigenvalue weighted by atomic mass is 10.1. The number of Topliss-reactive ketones (excluding diaryl/α,β-unsaturated/α-hetero) is 1. The van der Waals surface area contributed by atoms with Gasteiger partial charge in [0.15, 0.2) is 16.8 Å². The Morgan fingerprint density at radius 2 is 1.96 bits per heavy atom. The molecule has 3 aromatic rings. The zero-order valence-corrected chi connectivity index (χ0v) is 14.3. The first-order valence-corrected chi connectivity index (χ1v) is 8.89. The molecule has 0 radical (unpaired) electrons. The Hall–Kier alpha value is -2.18. The number of ketones is 1. The molecule has 6 heteroatoms. The van der Waals surface area contributed by atoms with E-state index in [1.807, 2.05) is 47.0 Å². The molecule has 1 aromatic heterocycles. The highest BCUT2D eigenvalue weighted by Gasteiger charge is 2.14. The highest BCUT2D eigenvalue weighted by molar-refractivity contribution is 7.99. The SMILES string of the molecule is CCCn1c(CO)nnc1SCC(=O)c1ccc2ccccc2c1. The summed E-state index contributed by atoms with van der Waals surface area (Å²) < 4.78 is 1.87. The van der Waals surface area contributed by atoms with E-state index in [2.05, 4.69) is 17.1 Å². The summed E-state index contributed by atoms with van der Waals surface area (Å²) in [6.07, 6.45) is 0.914. The summed E-state index contributed by atoms with van der Waals surface area (Å²) >= 11 is 1.36. The summed E-state index contributed by atoms with van der Waals surface area (Å²) in [6.45, 7) is 2.64. The Balaban J connectivity index is 1.74. The molecule has 1 heterocycles. The van der Waals surface area contributed by atoms with Gasteiger partial charge in [0.1, 0.15) is 6.61 Å². The topological polar surface area (TPSA) is 68.0 Å². The summed E-state index contributed by atoms with van der Waals surface area (Å²) in [4.78, 5) is 12.5. The van der Waals surface area contributed by atoms with Gasteiger partial charge in [-0.1, -0.05) is 55.1 Å². The zero-order chi connectivity index (χ0) is 16.9. The average molecular weight is 341 g/mol. The smallest absolute Gasteiger partial charge is 0.191 e. The molecule has 0 saturated heterocycles. The second kappa shape index (κ2) is 7.59. The van der Waals surface area contributed by atoms with Crippen LogP contribution in [0.2, 0.25) is 0 Å². The quantitative estimate of drug-likeness (QED) is 0.527. The number of hydrogen-bond acceptors (Lipinski definition) is 5. The molecule has 0 bridgehead atoms. The van der Waals surface area contributed by atoms with Crippen molar-refractivity contribution in [1.82, 2.24) is 14.8 Å². The van der Waals surface area contributed by atoms with Crippen LogP contribution in [0.4, 0.5) is 0 Å². The molecule has 0 saturated carbocycles. The number of rotatable bonds is 7. The van der Waals surface area contributed by atoms with Gasteiger partial charge >= 0.3 is 0 Å². The summed E-state index contributed by atoms with van der Waals surface area (Å²) in [5, 5.41) is 20.2. The van der Waals surface area contributed by atoms with Crippen molar-refractivity contribution >= 4 is 28.3 Å². The fourth-order valence-electron chi connectivity index (χ4n) is 2.57. The van der Waals surface area contributed by atoms with Gasteiger partial charge in [0.2, 0.25) is 0 Å². The maximum Gasteiger partial charge on any atom is 0.191 e. The van der Waals surface area contributed by atoms with Crippen LogP contribution < -0.4 is 0 Å². The first-order chi connectivity index (χ1) is 11.7. The molecule has 24 heavy (non-hydrogen) atoms. The molecule has 0 aliphatic rings. The van der Waals surface area contributed by atoms with Gasteiger partial charge in [0, 0.05) is 12.1 Å². The van der Waals surface area contributed by atoms with Crippen LogP contribution in [-0.2, 0) is 13.2 Å². The van der Waals surface area contributed by atoms with Gasteiger partial charge in [0.25, 0.3) is 0 Å². The first-order valence-electron chi connectivity index (χ1n) is 7.90. The van der Waals surface area contributed by atoms with E-state index >= 15 is 0 Å². The van der Waals surface area contributed by atoms with Crippen molar-refractivity contribution in [3.63, 3.8) is 0 Å². The van der Waals surface area contributed by atoms with Crippen LogP contribution in [0.1, 0.15) is 29.5 Å². The largest absolute Gasteiger partial charge is 0.388 e. The number of benzene rings is 2. The monoisotopic (exact) mass is 341 g/mol. The Morgan fingerprint density at radius 1 is 1.17 bits per heavy atom. The Labute approximate surface area is 144 Å². The van der Waals surface area contributed by atoms with Crippen molar-refractivity contribution in [2.75, 3.05) is 5.75 Å². The van der Waals surface area contributed by atoms with Gasteiger partial charge < -0.3 is 9.67 Å². The molecule has 0 fully saturated rings. The fraction of sp³-hybridized carbons (Fsp3) is 0.278. The molecular formula is C18H19N3O2S. The van der Waals surface area contributed by atoms with Gasteiger partial charge in [-0.15, -0.1) is 10.2 Å². The van der Waals surface area contributed by atoms with Gasteiger partial charge in [-0.05, 0) is 23.3 Å². The van der Waals surface area contributed by atoms with Crippen LogP contribution in [0.5, 0.6) is 0 Å². The highest BCUT2D eigenvalue weighted by atomic mass is 32.2. The number of hydrogen-bond donors (Lipinski definition) is 1. The van der Waals surface area contributed by atoms with E-state index in [1.165, 1.54) is 11.8 Å². The van der Waals surface area contributed by atoms with E-state index in [4.69, 9.17) is 0 Å². The van der Waals surface area contributed by atoms with Crippen LogP contribution in [0.15, 0.2) is 47.6 Å². The summed E-state index contributed by atoms with van der Waals surface area (Å²) in [5.74, 6) is 0.894. The molecule has 0 atom stereocenters. The molecule has 124 valence electrons. The molecule has 0 spiro atoms. The minimum absolute atomic E-state index is 0.0577. The van der Waals surface area contributed by atoms with Crippen LogP contribution in [0.3, 0.4) is 0 Å². The molecule has 0 aliphatic heterocycles. The molecule has 2 aromatic carbocycles. The summed E-state index contributed by atoms with van der Waals surface area (Å²) in [5.41, 5.74) is 0.699. The van der Waals surface area contributed by atoms with Crippen LogP contribution in [0.25, 0.3) is 10.8 Å².